The molecular weight excluding hydrogens is 679 g/mol. The molecule has 0 aliphatic heterocycles. The Balaban J connectivity index is 1.31. The number of aryl methyl sites for hydroxylation is 3. The van der Waals surface area contributed by atoms with Crippen molar-refractivity contribution in [3.63, 3.8) is 0 Å². The molecule has 4 aromatic carbocycles. The molecule has 53 heavy (non-hydrogen) atoms. The summed E-state index contributed by atoms with van der Waals surface area (Å²) in [6, 6.07) is 31.1. The van der Waals surface area contributed by atoms with Crippen LogP contribution in [0.1, 0.15) is 90.7 Å². The number of nitrogens with zero attached hydrogens (tertiary/aromatic N) is 1. The summed E-state index contributed by atoms with van der Waals surface area (Å²) in [7, 11) is -1.85. The topological polar surface area (TPSA) is 85.3 Å². The van der Waals surface area contributed by atoms with Crippen LogP contribution >= 0.6 is 0 Å². The van der Waals surface area contributed by atoms with Crippen molar-refractivity contribution in [1.29, 1.82) is 0 Å². The molecule has 0 aliphatic rings. The number of benzene rings is 4. The van der Waals surface area contributed by atoms with E-state index in [9.17, 15) is 14.7 Å². The Kier molecular flexibility index (Phi) is 15.3. The quantitative estimate of drug-likeness (QED) is 0.0549. The van der Waals surface area contributed by atoms with Crippen molar-refractivity contribution in [3.8, 4) is 11.5 Å². The van der Waals surface area contributed by atoms with Crippen molar-refractivity contribution in [2.45, 2.75) is 104 Å². The second kappa shape index (κ2) is 19.6. The fourth-order valence-electron chi connectivity index (χ4n) is 5.98. The van der Waals surface area contributed by atoms with E-state index in [2.05, 4.69) is 93.4 Å². The van der Waals surface area contributed by atoms with Gasteiger partial charge in [-0.25, -0.2) is 4.79 Å². The van der Waals surface area contributed by atoms with Crippen LogP contribution in [0.15, 0.2) is 91.0 Å². The van der Waals surface area contributed by atoms with Crippen LogP contribution in [0.3, 0.4) is 0 Å². The van der Waals surface area contributed by atoms with Crippen LogP contribution in [0, 0.1) is 6.92 Å². The van der Waals surface area contributed by atoms with Crippen LogP contribution in [-0.2, 0) is 41.9 Å². The van der Waals surface area contributed by atoms with Crippen molar-refractivity contribution in [3.05, 3.63) is 130 Å². The molecule has 0 heterocycles. The predicted molar refractivity (Wildman–Crippen MR) is 216 cm³/mol. The number of carbonyl (C=O) groups excluding carboxylic acids is 1. The number of hydrogen-bond donors (Lipinski definition) is 1. The second-order valence-corrected chi connectivity index (χ2v) is 20.2. The molecule has 0 bridgehead atoms. The Morgan fingerprint density at radius 2 is 1.40 bits per heavy atom. The number of esters is 1. The lowest BCUT2D eigenvalue weighted by molar-refractivity contribution is -0.143. The van der Waals surface area contributed by atoms with Crippen molar-refractivity contribution >= 4 is 20.3 Å². The average molecular weight is 738 g/mol. The summed E-state index contributed by atoms with van der Waals surface area (Å²) in [5.74, 6) is 0.768. The fourth-order valence-corrected chi connectivity index (χ4v) is 7.02. The van der Waals surface area contributed by atoms with Crippen molar-refractivity contribution in [1.82, 2.24) is 4.90 Å². The maximum atomic E-state index is 11.9. The minimum atomic E-state index is -1.85. The van der Waals surface area contributed by atoms with E-state index in [1.807, 2.05) is 44.2 Å². The summed E-state index contributed by atoms with van der Waals surface area (Å²) in [6.45, 7) is 18.2. The highest BCUT2D eigenvalue weighted by atomic mass is 28.4. The van der Waals surface area contributed by atoms with E-state index in [1.54, 1.807) is 6.07 Å². The van der Waals surface area contributed by atoms with Crippen LogP contribution in [0.5, 0.6) is 11.5 Å². The van der Waals surface area contributed by atoms with Gasteiger partial charge in [-0.1, -0.05) is 87.5 Å². The van der Waals surface area contributed by atoms with Gasteiger partial charge < -0.3 is 19.0 Å². The summed E-state index contributed by atoms with van der Waals surface area (Å²) >= 11 is 0. The van der Waals surface area contributed by atoms with Gasteiger partial charge in [-0.15, -0.1) is 0 Å². The Hall–Kier alpha value is -4.40. The SMILES string of the molecule is CCOC(=O)CCCCN(CCc1ccccc1OCc1ccc(CCc2ccc(O[Si](C)(C)C(C)(C)C)cc2)cc1)Cc1ccc(C(=O)O)c(C)c1. The Labute approximate surface area is 318 Å². The molecule has 284 valence electrons. The molecule has 0 radical (unpaired) electrons. The Morgan fingerprint density at radius 3 is 2.02 bits per heavy atom. The first kappa shape index (κ1) is 41.4. The molecule has 0 fully saturated rings. The van der Waals surface area contributed by atoms with Gasteiger partial charge in [-0.05, 0) is 128 Å². The number of ether oxygens (including phenoxy) is 2. The first-order valence-electron chi connectivity index (χ1n) is 19.0. The Bertz CT molecular complexity index is 1760. The number of unbranched alkanes of at least 4 members (excludes halogenated alkanes) is 1. The average Bonchev–Trinajstić information content (AvgIpc) is 3.11. The first-order valence-corrected chi connectivity index (χ1v) is 21.9. The van der Waals surface area contributed by atoms with Crippen LogP contribution in [0.25, 0.3) is 0 Å². The molecule has 0 aromatic heterocycles. The molecule has 0 atom stereocenters. The third-order valence-corrected chi connectivity index (χ3v) is 14.6. The number of aromatic carboxylic acids is 1. The molecule has 8 heteroatoms. The summed E-state index contributed by atoms with van der Waals surface area (Å²) < 4.78 is 17.9. The van der Waals surface area contributed by atoms with E-state index >= 15 is 0 Å². The summed E-state index contributed by atoms with van der Waals surface area (Å²) in [5.41, 5.74) is 7.00. The molecular formula is C45H59NO6Si. The normalized spacial score (nSPS) is 11.8. The monoisotopic (exact) mass is 737 g/mol. The zero-order chi connectivity index (χ0) is 38.4. The smallest absolute Gasteiger partial charge is 0.335 e. The van der Waals surface area contributed by atoms with Gasteiger partial charge in [0.05, 0.1) is 12.2 Å². The lowest BCUT2D eigenvalue weighted by Gasteiger charge is -2.36. The fraction of sp³-hybridized carbons (Fsp3) is 0.422. The number of carbonyl (C=O) groups is 2. The molecule has 4 aromatic rings. The molecule has 0 spiro atoms. The number of carboxylic acid groups (broad SMARTS) is 1. The lowest BCUT2D eigenvalue weighted by Crippen LogP contribution is -2.43. The van der Waals surface area contributed by atoms with Gasteiger partial charge in [-0.3, -0.25) is 9.69 Å². The van der Waals surface area contributed by atoms with Gasteiger partial charge in [0.15, 0.2) is 0 Å². The van der Waals surface area contributed by atoms with Crippen molar-refractivity contribution < 1.29 is 28.6 Å². The van der Waals surface area contributed by atoms with E-state index in [0.717, 1.165) is 78.9 Å². The molecule has 0 amide bonds. The summed E-state index contributed by atoms with van der Waals surface area (Å²) in [6.07, 6.45) is 4.76. The molecule has 0 unspecified atom stereocenters. The number of carboxylic acids is 1. The standard InChI is InChI=1S/C45H59NO6Si/c1-8-50-43(47)15-11-12-29-46(32-38-24-27-41(44(48)49)34(2)31-38)30-28-39-13-9-10-14-42(39)51-33-37-20-18-35(19-21-37)16-17-36-22-25-40(26-23-36)52-53(6,7)45(3,4)5/h9-10,13-14,18-27,31H,8,11-12,15-17,28-30,32-33H2,1-7H3,(H,48,49). The zero-order valence-electron chi connectivity index (χ0n) is 32.9. The highest BCUT2D eigenvalue weighted by Gasteiger charge is 2.38. The van der Waals surface area contributed by atoms with E-state index in [4.69, 9.17) is 13.9 Å². The zero-order valence-corrected chi connectivity index (χ0v) is 33.9. The summed E-state index contributed by atoms with van der Waals surface area (Å²) in [5, 5.41) is 9.65. The maximum absolute atomic E-state index is 11.9. The highest BCUT2D eigenvalue weighted by molar-refractivity contribution is 6.74. The number of hydrogen-bond acceptors (Lipinski definition) is 6. The van der Waals surface area contributed by atoms with Crippen molar-refractivity contribution in [2.75, 3.05) is 19.7 Å². The Morgan fingerprint density at radius 1 is 0.774 bits per heavy atom. The lowest BCUT2D eigenvalue weighted by atomic mass is 10.0. The molecule has 0 saturated carbocycles. The third-order valence-electron chi connectivity index (χ3n) is 10.2. The van der Waals surface area contributed by atoms with Gasteiger partial charge in [0, 0.05) is 19.5 Å². The highest BCUT2D eigenvalue weighted by Crippen LogP contribution is 2.37. The van der Waals surface area contributed by atoms with Gasteiger partial charge in [0.25, 0.3) is 0 Å². The van der Waals surface area contributed by atoms with Gasteiger partial charge in [0.2, 0.25) is 8.32 Å². The molecule has 0 aliphatic carbocycles. The van der Waals surface area contributed by atoms with E-state index in [-0.39, 0.29) is 11.0 Å². The minimum absolute atomic E-state index is 0.159. The molecule has 1 N–H and O–H groups in total. The summed E-state index contributed by atoms with van der Waals surface area (Å²) in [4.78, 5) is 25.8. The second-order valence-electron chi connectivity index (χ2n) is 15.5. The first-order chi connectivity index (χ1) is 25.2. The molecule has 0 saturated heterocycles. The van der Waals surface area contributed by atoms with Gasteiger partial charge >= 0.3 is 11.9 Å². The van der Waals surface area contributed by atoms with Crippen LogP contribution < -0.4 is 9.16 Å². The van der Waals surface area contributed by atoms with Crippen LogP contribution in [0.4, 0.5) is 0 Å². The molecule has 7 nitrogen and oxygen atoms in total. The number of para-hydroxylation sites is 1. The van der Waals surface area contributed by atoms with Crippen LogP contribution in [-0.4, -0.2) is 50.0 Å². The van der Waals surface area contributed by atoms with Gasteiger partial charge in [-0.2, -0.15) is 0 Å². The predicted octanol–water partition coefficient (Wildman–Crippen LogP) is 10.2. The third kappa shape index (κ3) is 13.2. The van der Waals surface area contributed by atoms with Crippen molar-refractivity contribution in [2.24, 2.45) is 0 Å². The van der Waals surface area contributed by atoms with Crippen LogP contribution in [0.2, 0.25) is 18.1 Å². The molecule has 4 rings (SSSR count). The largest absolute Gasteiger partial charge is 0.544 e. The van der Waals surface area contributed by atoms with E-state index < -0.39 is 14.3 Å². The van der Waals surface area contributed by atoms with E-state index in [1.165, 1.54) is 11.1 Å². The van der Waals surface area contributed by atoms with Gasteiger partial charge in [0.1, 0.15) is 18.1 Å². The maximum Gasteiger partial charge on any atom is 0.335 e. The number of rotatable bonds is 20. The minimum Gasteiger partial charge on any atom is -0.544 e. The van der Waals surface area contributed by atoms with E-state index in [0.29, 0.717) is 31.7 Å².